The maximum atomic E-state index is 5.66. The summed E-state index contributed by atoms with van der Waals surface area (Å²) in [7, 11) is -2.39. The number of fused-ring (bicyclic) bond motifs is 3. The van der Waals surface area contributed by atoms with Crippen molar-refractivity contribution in [2.24, 2.45) is 4.74 Å². The highest BCUT2D eigenvalue weighted by molar-refractivity contribution is 7.87. The lowest BCUT2D eigenvalue weighted by Gasteiger charge is -2.27. The van der Waals surface area contributed by atoms with Crippen LogP contribution >= 0.6 is 7.05 Å². The molecule has 0 saturated carbocycles. The van der Waals surface area contributed by atoms with Gasteiger partial charge in [0.1, 0.15) is 0 Å². The molecule has 4 aromatic carbocycles. The van der Waals surface area contributed by atoms with Crippen molar-refractivity contribution in [1.82, 2.24) is 20.0 Å². The Morgan fingerprint density at radius 3 is 1.70 bits per heavy atom. The molecule has 0 saturated heterocycles. The van der Waals surface area contributed by atoms with Crippen LogP contribution in [0.3, 0.4) is 0 Å². The van der Waals surface area contributed by atoms with Gasteiger partial charge in [-0.2, -0.15) is 4.52 Å². The summed E-state index contributed by atoms with van der Waals surface area (Å²) < 4.78 is 7.43. The van der Waals surface area contributed by atoms with Crippen molar-refractivity contribution in [3.8, 4) is 0 Å². The third-order valence-electron chi connectivity index (χ3n) is 5.81. The maximum absolute atomic E-state index is 5.66. The first-order chi connectivity index (χ1) is 16.4. The molecule has 158 valence electrons. The van der Waals surface area contributed by atoms with Crippen molar-refractivity contribution in [2.45, 2.75) is 0 Å². The van der Waals surface area contributed by atoms with Crippen molar-refractivity contribution in [1.29, 1.82) is 0 Å². The summed E-state index contributed by atoms with van der Waals surface area (Å²) in [5.41, 5.74) is 2.50. The van der Waals surface area contributed by atoms with Gasteiger partial charge in [0.15, 0.2) is 5.65 Å². The van der Waals surface area contributed by atoms with E-state index < -0.39 is 7.05 Å². The van der Waals surface area contributed by atoms with Crippen molar-refractivity contribution in [2.75, 3.05) is 0 Å². The van der Waals surface area contributed by atoms with Crippen LogP contribution in [0, 0.1) is 0 Å². The lowest BCUT2D eigenvalue weighted by atomic mass is 10.2. The molecule has 0 fully saturated rings. The first kappa shape index (κ1) is 19.6. The molecular formula is C27H20N5P. The molecule has 6 rings (SSSR count). The molecule has 0 atom stereocenters. The SMILES string of the molecule is c1ccc(P(=Nc2cc3nnnn3c3ccccc23)(c2ccccc2)c2ccccc2)cc1. The molecule has 0 aliphatic carbocycles. The predicted molar refractivity (Wildman–Crippen MR) is 136 cm³/mol. The van der Waals surface area contributed by atoms with Gasteiger partial charge in [-0.15, -0.1) is 5.10 Å². The largest absolute Gasteiger partial charge is 0.253 e. The Balaban J connectivity index is 1.81. The summed E-state index contributed by atoms with van der Waals surface area (Å²) in [4.78, 5) is 0. The van der Waals surface area contributed by atoms with E-state index in [2.05, 4.69) is 113 Å². The van der Waals surface area contributed by atoms with Crippen LogP contribution in [0.5, 0.6) is 0 Å². The highest BCUT2D eigenvalue weighted by Gasteiger charge is 2.28. The smallest absolute Gasteiger partial charge is 0.182 e. The number of hydrogen-bond acceptors (Lipinski definition) is 4. The van der Waals surface area contributed by atoms with Gasteiger partial charge in [0.25, 0.3) is 0 Å². The second-order valence-electron chi connectivity index (χ2n) is 7.74. The third-order valence-corrected chi connectivity index (χ3v) is 9.47. The number of rotatable bonds is 4. The molecule has 0 amide bonds. The Morgan fingerprint density at radius 1 is 0.606 bits per heavy atom. The predicted octanol–water partition coefficient (Wildman–Crippen LogP) is 5.09. The minimum Gasteiger partial charge on any atom is -0.253 e. The summed E-state index contributed by atoms with van der Waals surface area (Å²) in [6, 6.07) is 42.0. The maximum Gasteiger partial charge on any atom is 0.182 e. The van der Waals surface area contributed by atoms with Gasteiger partial charge in [-0.25, -0.2) is 0 Å². The zero-order valence-corrected chi connectivity index (χ0v) is 18.6. The Labute approximate surface area is 191 Å². The van der Waals surface area contributed by atoms with E-state index in [1.165, 1.54) is 15.9 Å². The van der Waals surface area contributed by atoms with Crippen LogP contribution in [0.25, 0.3) is 16.6 Å². The van der Waals surface area contributed by atoms with E-state index in [0.29, 0.717) is 5.65 Å². The summed E-state index contributed by atoms with van der Waals surface area (Å²) in [6.07, 6.45) is 0. The average molecular weight is 445 g/mol. The summed E-state index contributed by atoms with van der Waals surface area (Å²) in [5, 5.41) is 16.9. The molecular weight excluding hydrogens is 425 g/mol. The molecule has 33 heavy (non-hydrogen) atoms. The first-order valence-corrected chi connectivity index (χ1v) is 12.5. The molecule has 0 bridgehead atoms. The fourth-order valence-corrected chi connectivity index (χ4v) is 7.87. The van der Waals surface area contributed by atoms with E-state index >= 15 is 0 Å². The third kappa shape index (κ3) is 3.25. The van der Waals surface area contributed by atoms with Crippen LogP contribution in [0.4, 0.5) is 5.69 Å². The van der Waals surface area contributed by atoms with Gasteiger partial charge in [0.05, 0.1) is 18.3 Å². The summed E-state index contributed by atoms with van der Waals surface area (Å²) >= 11 is 0. The highest BCUT2D eigenvalue weighted by atomic mass is 31.2. The van der Waals surface area contributed by atoms with E-state index in [9.17, 15) is 0 Å². The fraction of sp³-hybridized carbons (Fsp3) is 0. The molecule has 0 radical (unpaired) electrons. The summed E-state index contributed by atoms with van der Waals surface area (Å²) in [5.74, 6) is 0. The van der Waals surface area contributed by atoms with Crippen LogP contribution in [-0.4, -0.2) is 20.0 Å². The van der Waals surface area contributed by atoms with Crippen LogP contribution in [0.2, 0.25) is 0 Å². The number of pyridine rings is 1. The van der Waals surface area contributed by atoms with Crippen LogP contribution < -0.4 is 15.9 Å². The Hall–Kier alpha value is -4.08. The van der Waals surface area contributed by atoms with E-state index in [0.717, 1.165) is 16.6 Å². The van der Waals surface area contributed by atoms with Crippen LogP contribution in [-0.2, 0) is 0 Å². The second-order valence-corrected chi connectivity index (χ2v) is 10.8. The monoisotopic (exact) mass is 445 g/mol. The number of tetrazole rings is 1. The van der Waals surface area contributed by atoms with Crippen molar-refractivity contribution >= 4 is 45.2 Å². The van der Waals surface area contributed by atoms with Crippen molar-refractivity contribution in [3.63, 3.8) is 0 Å². The quantitative estimate of drug-likeness (QED) is 0.355. The minimum atomic E-state index is -2.39. The zero-order chi connectivity index (χ0) is 22.1. The molecule has 5 nitrogen and oxygen atoms in total. The number of aromatic nitrogens is 4. The Morgan fingerprint density at radius 2 is 1.12 bits per heavy atom. The highest BCUT2D eigenvalue weighted by Crippen LogP contribution is 2.50. The van der Waals surface area contributed by atoms with Gasteiger partial charge in [-0.3, -0.25) is 4.74 Å². The summed E-state index contributed by atoms with van der Waals surface area (Å²) in [6.45, 7) is 0. The molecule has 0 aliphatic rings. The standard InChI is InChI=1S/C27H20N5P/c1-4-12-21(13-5-1)33(22-14-6-2-7-15-22,23-16-8-3-9-17-23)29-25-20-27-28-30-31-32(27)26-19-11-10-18-24(25)26/h1-20H. The molecule has 0 unspecified atom stereocenters. The molecule has 0 aliphatic heterocycles. The van der Waals surface area contributed by atoms with E-state index in [4.69, 9.17) is 4.74 Å². The molecule has 0 spiro atoms. The zero-order valence-electron chi connectivity index (χ0n) is 17.7. The lowest BCUT2D eigenvalue weighted by molar-refractivity contribution is 0.842. The molecule has 0 N–H and O–H groups in total. The van der Waals surface area contributed by atoms with Gasteiger partial charge < -0.3 is 0 Å². The van der Waals surface area contributed by atoms with Gasteiger partial charge >= 0.3 is 0 Å². The lowest BCUT2D eigenvalue weighted by Crippen LogP contribution is -2.25. The van der Waals surface area contributed by atoms with Crippen molar-refractivity contribution in [3.05, 3.63) is 121 Å². The van der Waals surface area contributed by atoms with Gasteiger partial charge in [0, 0.05) is 27.4 Å². The van der Waals surface area contributed by atoms with E-state index in [-0.39, 0.29) is 0 Å². The molecule has 6 heteroatoms. The topological polar surface area (TPSA) is 55.4 Å². The van der Waals surface area contributed by atoms with Crippen LogP contribution in [0.15, 0.2) is 126 Å². The number of hydrogen-bond donors (Lipinski definition) is 0. The minimum absolute atomic E-state index is 0.680. The molecule has 6 aromatic rings. The number of nitrogens with zero attached hydrogens (tertiary/aromatic N) is 5. The molecule has 2 aromatic heterocycles. The second kappa shape index (κ2) is 8.12. The van der Waals surface area contributed by atoms with Crippen LogP contribution in [0.1, 0.15) is 0 Å². The van der Waals surface area contributed by atoms with Gasteiger partial charge in [0.2, 0.25) is 0 Å². The van der Waals surface area contributed by atoms with Crippen molar-refractivity contribution < 1.29 is 0 Å². The Kier molecular flexibility index (Phi) is 4.82. The van der Waals surface area contributed by atoms with Gasteiger partial charge in [-0.1, -0.05) is 109 Å². The normalized spacial score (nSPS) is 11.6. The van der Waals surface area contributed by atoms with E-state index in [1.54, 1.807) is 4.52 Å². The first-order valence-electron chi connectivity index (χ1n) is 10.8. The number of benzene rings is 4. The van der Waals surface area contributed by atoms with E-state index in [1.807, 2.05) is 24.3 Å². The van der Waals surface area contributed by atoms with Gasteiger partial charge in [-0.05, 0) is 16.5 Å². The Bertz CT molecular complexity index is 1510. The molecule has 2 heterocycles. The average Bonchev–Trinajstić information content (AvgIpc) is 3.38. The number of para-hydroxylation sites is 1. The fourth-order valence-electron chi connectivity index (χ4n) is 4.33.